The second kappa shape index (κ2) is 3.47. The van der Waals surface area contributed by atoms with E-state index in [0.717, 1.165) is 6.07 Å². The number of aldehydes is 1. The summed E-state index contributed by atoms with van der Waals surface area (Å²) in [5, 5.41) is 9.17. The normalized spacial score (nSPS) is 10.5. The molecule has 3 nitrogen and oxygen atoms in total. The maximum Gasteiger partial charge on any atom is 0.280 e. The lowest BCUT2D eigenvalue weighted by Gasteiger charge is -2.04. The maximum absolute atomic E-state index is 12.1. The third-order valence-corrected chi connectivity index (χ3v) is 1.57. The number of pyridine rings is 1. The molecule has 0 bridgehead atoms. The van der Waals surface area contributed by atoms with Crippen molar-refractivity contribution in [2.75, 3.05) is 0 Å². The summed E-state index contributed by atoms with van der Waals surface area (Å²) in [4.78, 5) is 13.7. The van der Waals surface area contributed by atoms with E-state index in [-0.39, 0.29) is 17.0 Å². The highest BCUT2D eigenvalue weighted by molar-refractivity contribution is 5.79. The highest BCUT2D eigenvalue weighted by atomic mass is 19.3. The van der Waals surface area contributed by atoms with Crippen LogP contribution in [0.1, 0.15) is 28.2 Å². The van der Waals surface area contributed by atoms with Crippen molar-refractivity contribution >= 4 is 6.29 Å². The molecule has 0 radical (unpaired) electrons. The Morgan fingerprint density at radius 2 is 2.23 bits per heavy atom. The average molecular weight is 187 g/mol. The first-order valence-corrected chi connectivity index (χ1v) is 3.50. The molecule has 0 aliphatic heterocycles. The molecule has 0 aliphatic carbocycles. The van der Waals surface area contributed by atoms with Crippen molar-refractivity contribution in [3.8, 4) is 5.75 Å². The summed E-state index contributed by atoms with van der Waals surface area (Å²) in [5.41, 5.74) is -0.639. The minimum absolute atomic E-state index is 0.0277. The fraction of sp³-hybridized carbons (Fsp3) is 0.250. The van der Waals surface area contributed by atoms with Gasteiger partial charge in [0.2, 0.25) is 0 Å². The molecule has 1 rings (SSSR count). The molecule has 0 saturated heterocycles. The number of aromatic hydroxyl groups is 1. The molecule has 0 aliphatic rings. The first-order chi connectivity index (χ1) is 6.06. The molecule has 1 N–H and O–H groups in total. The molecule has 13 heavy (non-hydrogen) atoms. The van der Waals surface area contributed by atoms with E-state index in [1.54, 1.807) is 0 Å². The summed E-state index contributed by atoms with van der Waals surface area (Å²) < 4.78 is 24.3. The molecule has 0 saturated carbocycles. The lowest BCUT2D eigenvalue weighted by Crippen LogP contribution is -1.96. The van der Waals surface area contributed by atoms with Gasteiger partial charge in [-0.3, -0.25) is 4.79 Å². The van der Waals surface area contributed by atoms with E-state index in [0.29, 0.717) is 6.29 Å². The molecule has 0 aromatic carbocycles. The van der Waals surface area contributed by atoms with Gasteiger partial charge in [0.25, 0.3) is 6.43 Å². The predicted molar refractivity (Wildman–Crippen MR) is 41.0 cm³/mol. The summed E-state index contributed by atoms with van der Waals surface area (Å²) >= 11 is 0. The number of halogens is 2. The first-order valence-electron chi connectivity index (χ1n) is 3.50. The van der Waals surface area contributed by atoms with Crippen molar-refractivity contribution in [3.63, 3.8) is 0 Å². The minimum Gasteiger partial charge on any atom is -0.505 e. The van der Waals surface area contributed by atoms with Gasteiger partial charge in [0.05, 0.1) is 11.3 Å². The zero-order valence-electron chi connectivity index (χ0n) is 6.79. The topological polar surface area (TPSA) is 50.2 Å². The van der Waals surface area contributed by atoms with Crippen LogP contribution in [-0.4, -0.2) is 16.4 Å². The summed E-state index contributed by atoms with van der Waals surface area (Å²) in [6.07, 6.45) is -2.42. The predicted octanol–water partition coefficient (Wildman–Crippen LogP) is 1.85. The minimum atomic E-state index is -2.74. The van der Waals surface area contributed by atoms with Crippen LogP contribution in [0.5, 0.6) is 5.75 Å². The third kappa shape index (κ3) is 1.80. The zero-order chi connectivity index (χ0) is 10.0. The quantitative estimate of drug-likeness (QED) is 0.718. The van der Waals surface area contributed by atoms with E-state index < -0.39 is 12.1 Å². The van der Waals surface area contributed by atoms with Crippen LogP contribution in [0.25, 0.3) is 0 Å². The molecule has 1 aromatic heterocycles. The molecular formula is C8H7F2NO2. The Hall–Kier alpha value is -1.52. The van der Waals surface area contributed by atoms with Crippen LogP contribution in [0.3, 0.4) is 0 Å². The monoisotopic (exact) mass is 187 g/mol. The molecule has 0 atom stereocenters. The van der Waals surface area contributed by atoms with Gasteiger partial charge in [0, 0.05) is 0 Å². The molecule has 1 aromatic rings. The van der Waals surface area contributed by atoms with Crippen LogP contribution in [0.15, 0.2) is 6.07 Å². The third-order valence-electron chi connectivity index (χ3n) is 1.57. The fourth-order valence-corrected chi connectivity index (χ4v) is 0.917. The molecule has 1 heterocycles. The van der Waals surface area contributed by atoms with Gasteiger partial charge in [-0.05, 0) is 13.0 Å². The Morgan fingerprint density at radius 3 is 2.69 bits per heavy atom. The van der Waals surface area contributed by atoms with Gasteiger partial charge in [-0.25, -0.2) is 13.8 Å². The van der Waals surface area contributed by atoms with E-state index in [4.69, 9.17) is 5.11 Å². The Bertz CT molecular complexity index is 339. The standard InChI is InChI=1S/C8H7F2NO2/c1-4-7(13)5(3-12)2-6(11-4)8(9)10/h2-3,8,13H,1H3. The summed E-state index contributed by atoms with van der Waals surface area (Å²) in [7, 11) is 0. The lowest BCUT2D eigenvalue weighted by molar-refractivity contribution is 0.111. The highest BCUT2D eigenvalue weighted by Crippen LogP contribution is 2.24. The van der Waals surface area contributed by atoms with E-state index in [1.807, 2.05) is 0 Å². The second-order valence-corrected chi connectivity index (χ2v) is 2.49. The zero-order valence-corrected chi connectivity index (χ0v) is 6.79. The average Bonchev–Trinajstić information content (AvgIpc) is 2.09. The Balaban J connectivity index is 3.30. The van der Waals surface area contributed by atoms with Gasteiger partial charge in [-0.1, -0.05) is 0 Å². The van der Waals surface area contributed by atoms with Gasteiger partial charge >= 0.3 is 0 Å². The van der Waals surface area contributed by atoms with Crippen molar-refractivity contribution in [1.82, 2.24) is 4.98 Å². The molecule has 5 heteroatoms. The molecule has 70 valence electrons. The lowest BCUT2D eigenvalue weighted by atomic mass is 10.2. The SMILES string of the molecule is Cc1nc(C(F)F)cc(C=O)c1O. The fourth-order valence-electron chi connectivity index (χ4n) is 0.917. The molecule has 0 amide bonds. The van der Waals surface area contributed by atoms with Gasteiger partial charge in [0.1, 0.15) is 11.4 Å². The molecule has 0 fully saturated rings. The molecular weight excluding hydrogens is 180 g/mol. The van der Waals surface area contributed by atoms with Crippen LogP contribution in [0.2, 0.25) is 0 Å². The number of carbonyl (C=O) groups excluding carboxylic acids is 1. The van der Waals surface area contributed by atoms with Crippen molar-refractivity contribution in [2.24, 2.45) is 0 Å². The number of aryl methyl sites for hydroxylation is 1. The van der Waals surface area contributed by atoms with Crippen molar-refractivity contribution in [1.29, 1.82) is 0 Å². The molecule has 0 spiro atoms. The van der Waals surface area contributed by atoms with Gasteiger partial charge in [-0.15, -0.1) is 0 Å². The van der Waals surface area contributed by atoms with Gasteiger partial charge in [0.15, 0.2) is 6.29 Å². The van der Waals surface area contributed by atoms with E-state index >= 15 is 0 Å². The van der Waals surface area contributed by atoms with Crippen LogP contribution < -0.4 is 0 Å². The van der Waals surface area contributed by atoms with Gasteiger partial charge < -0.3 is 5.11 Å². The Morgan fingerprint density at radius 1 is 1.62 bits per heavy atom. The maximum atomic E-state index is 12.1. The van der Waals surface area contributed by atoms with Crippen molar-refractivity contribution < 1.29 is 18.7 Å². The number of aromatic nitrogens is 1. The Labute approximate surface area is 73.0 Å². The van der Waals surface area contributed by atoms with Crippen LogP contribution in [0.4, 0.5) is 8.78 Å². The number of nitrogens with zero attached hydrogens (tertiary/aromatic N) is 1. The summed E-state index contributed by atoms with van der Waals surface area (Å²) in [6, 6.07) is 0.875. The number of carbonyl (C=O) groups is 1. The summed E-state index contributed by atoms with van der Waals surface area (Å²) in [5.74, 6) is -0.348. The van der Waals surface area contributed by atoms with Crippen LogP contribution in [-0.2, 0) is 0 Å². The van der Waals surface area contributed by atoms with E-state index in [9.17, 15) is 13.6 Å². The highest BCUT2D eigenvalue weighted by Gasteiger charge is 2.14. The van der Waals surface area contributed by atoms with Crippen molar-refractivity contribution in [3.05, 3.63) is 23.0 Å². The Kier molecular flexibility index (Phi) is 2.55. The van der Waals surface area contributed by atoms with Gasteiger partial charge in [-0.2, -0.15) is 0 Å². The first kappa shape index (κ1) is 9.57. The number of hydrogen-bond donors (Lipinski definition) is 1. The van der Waals surface area contributed by atoms with E-state index in [2.05, 4.69) is 4.98 Å². The summed E-state index contributed by atoms with van der Waals surface area (Å²) in [6.45, 7) is 1.36. The van der Waals surface area contributed by atoms with Crippen molar-refractivity contribution in [2.45, 2.75) is 13.3 Å². The van der Waals surface area contributed by atoms with Crippen LogP contribution >= 0.6 is 0 Å². The number of hydrogen-bond acceptors (Lipinski definition) is 3. The second-order valence-electron chi connectivity index (χ2n) is 2.49. The smallest absolute Gasteiger partial charge is 0.280 e. The van der Waals surface area contributed by atoms with E-state index in [1.165, 1.54) is 6.92 Å². The van der Waals surface area contributed by atoms with Crippen LogP contribution in [0, 0.1) is 6.92 Å². The number of rotatable bonds is 2. The number of alkyl halides is 2. The molecule has 0 unspecified atom stereocenters. The largest absolute Gasteiger partial charge is 0.505 e.